The Morgan fingerprint density at radius 2 is 1.64 bits per heavy atom. The smallest absolute Gasteiger partial charge is 0.225 e. The molecule has 28 heavy (non-hydrogen) atoms. The Balaban J connectivity index is 1.37. The van der Waals surface area contributed by atoms with Crippen LogP contribution in [0.1, 0.15) is 62.8 Å². The number of hydrogen-bond acceptors (Lipinski definition) is 3. The second-order valence-electron chi connectivity index (χ2n) is 9.72. The lowest BCUT2D eigenvalue weighted by Gasteiger charge is -2.71. The fourth-order valence-electron chi connectivity index (χ4n) is 6.73. The zero-order chi connectivity index (χ0) is 19.1. The summed E-state index contributed by atoms with van der Waals surface area (Å²) in [4.78, 5) is 17.7. The van der Waals surface area contributed by atoms with E-state index >= 15 is 0 Å². The molecule has 2 aliphatic heterocycles. The van der Waals surface area contributed by atoms with Crippen LogP contribution in [0.4, 0.5) is 0 Å². The van der Waals surface area contributed by atoms with Crippen LogP contribution in [-0.2, 0) is 4.79 Å². The molecule has 1 aromatic carbocycles. The van der Waals surface area contributed by atoms with Gasteiger partial charge < -0.3 is 10.0 Å². The van der Waals surface area contributed by atoms with Crippen LogP contribution >= 0.6 is 0 Å². The molecule has 1 aromatic rings. The monoisotopic (exact) mass is 382 g/mol. The van der Waals surface area contributed by atoms with E-state index < -0.39 is 0 Å². The third-order valence-corrected chi connectivity index (χ3v) is 8.16. The first-order valence-electron chi connectivity index (χ1n) is 11.4. The number of amides is 1. The average Bonchev–Trinajstić information content (AvgIpc) is 3.38. The van der Waals surface area contributed by atoms with Crippen molar-refractivity contribution in [3.05, 3.63) is 35.9 Å². The molecular weight excluding hydrogens is 348 g/mol. The van der Waals surface area contributed by atoms with Crippen LogP contribution in [0.5, 0.6) is 0 Å². The van der Waals surface area contributed by atoms with E-state index in [1.807, 2.05) is 0 Å². The predicted molar refractivity (Wildman–Crippen MR) is 110 cm³/mol. The largest absolute Gasteiger partial charge is 0.395 e. The Kier molecular flexibility index (Phi) is 4.96. The highest BCUT2D eigenvalue weighted by Gasteiger charge is 2.66. The lowest BCUT2D eigenvalue weighted by atomic mass is 9.60. The van der Waals surface area contributed by atoms with Crippen LogP contribution < -0.4 is 0 Å². The molecule has 5 rings (SSSR count). The number of hydrogen-bond donors (Lipinski definition) is 1. The van der Waals surface area contributed by atoms with E-state index in [1.54, 1.807) is 0 Å². The average molecular weight is 383 g/mol. The lowest BCUT2D eigenvalue weighted by Crippen LogP contribution is -2.85. The fraction of sp³-hybridized carbons (Fsp3) is 0.708. The van der Waals surface area contributed by atoms with Crippen molar-refractivity contribution in [1.29, 1.82) is 0 Å². The molecule has 2 saturated heterocycles. The molecule has 4 heteroatoms. The van der Waals surface area contributed by atoms with Crippen LogP contribution in [0, 0.1) is 11.8 Å². The first-order chi connectivity index (χ1) is 13.7. The Hall–Kier alpha value is -1.39. The van der Waals surface area contributed by atoms with Crippen molar-refractivity contribution in [2.45, 2.75) is 68.9 Å². The van der Waals surface area contributed by atoms with E-state index in [2.05, 4.69) is 40.1 Å². The van der Waals surface area contributed by atoms with E-state index in [9.17, 15) is 9.90 Å². The van der Waals surface area contributed by atoms with Crippen molar-refractivity contribution in [2.24, 2.45) is 11.8 Å². The molecule has 4 aliphatic rings. The summed E-state index contributed by atoms with van der Waals surface area (Å²) >= 11 is 0. The number of carbonyl (C=O) groups is 1. The molecule has 2 atom stereocenters. The minimum atomic E-state index is 0.0472. The highest BCUT2D eigenvalue weighted by molar-refractivity contribution is 5.80. The minimum Gasteiger partial charge on any atom is -0.395 e. The SMILES string of the molecule is O=C(C1CCCC1)N1CC2(C1)[C@H](c1ccccc1)[C@H](CO)N2CC1CCCC1. The molecule has 0 aromatic heterocycles. The van der Waals surface area contributed by atoms with Gasteiger partial charge in [-0.3, -0.25) is 9.69 Å². The highest BCUT2D eigenvalue weighted by atomic mass is 16.3. The van der Waals surface area contributed by atoms with E-state index in [-0.39, 0.29) is 24.1 Å². The summed E-state index contributed by atoms with van der Waals surface area (Å²) in [5, 5.41) is 10.2. The number of nitrogens with zero attached hydrogens (tertiary/aromatic N) is 2. The molecule has 152 valence electrons. The van der Waals surface area contributed by atoms with Crippen molar-refractivity contribution in [2.75, 3.05) is 26.2 Å². The van der Waals surface area contributed by atoms with Crippen molar-refractivity contribution in [3.8, 4) is 0 Å². The molecule has 0 bridgehead atoms. The quantitative estimate of drug-likeness (QED) is 0.849. The van der Waals surface area contributed by atoms with Crippen molar-refractivity contribution in [3.63, 3.8) is 0 Å². The lowest BCUT2D eigenvalue weighted by molar-refractivity contribution is -0.201. The fourth-order valence-corrected chi connectivity index (χ4v) is 6.73. The van der Waals surface area contributed by atoms with Gasteiger partial charge in [0.25, 0.3) is 0 Å². The molecule has 1 N–H and O–H groups in total. The predicted octanol–water partition coefficient (Wildman–Crippen LogP) is 3.41. The van der Waals surface area contributed by atoms with Gasteiger partial charge in [0.1, 0.15) is 0 Å². The molecule has 2 aliphatic carbocycles. The van der Waals surface area contributed by atoms with Crippen LogP contribution in [0.25, 0.3) is 0 Å². The number of likely N-dealkylation sites (tertiary alicyclic amines) is 2. The summed E-state index contributed by atoms with van der Waals surface area (Å²) in [6.07, 6.45) is 9.93. The summed E-state index contributed by atoms with van der Waals surface area (Å²) < 4.78 is 0. The van der Waals surface area contributed by atoms with Crippen molar-refractivity contribution < 1.29 is 9.90 Å². The summed E-state index contributed by atoms with van der Waals surface area (Å²) in [6, 6.07) is 10.9. The van der Waals surface area contributed by atoms with Gasteiger partial charge in [0.15, 0.2) is 0 Å². The van der Waals surface area contributed by atoms with Gasteiger partial charge in [-0.1, -0.05) is 56.0 Å². The normalized spacial score (nSPS) is 30.5. The second kappa shape index (κ2) is 7.46. The third-order valence-electron chi connectivity index (χ3n) is 8.16. The molecule has 1 spiro atoms. The number of benzene rings is 1. The van der Waals surface area contributed by atoms with Crippen LogP contribution in [0.2, 0.25) is 0 Å². The first kappa shape index (κ1) is 18.6. The van der Waals surface area contributed by atoms with Crippen LogP contribution in [0.3, 0.4) is 0 Å². The zero-order valence-electron chi connectivity index (χ0n) is 16.9. The maximum atomic E-state index is 13.0. The van der Waals surface area contributed by atoms with Gasteiger partial charge in [0.2, 0.25) is 5.91 Å². The summed E-state index contributed by atoms with van der Waals surface area (Å²) in [7, 11) is 0. The minimum absolute atomic E-state index is 0.0472. The topological polar surface area (TPSA) is 43.8 Å². The van der Waals surface area contributed by atoms with Gasteiger partial charge in [-0.15, -0.1) is 0 Å². The van der Waals surface area contributed by atoms with Gasteiger partial charge in [0.05, 0.1) is 12.1 Å². The number of aliphatic hydroxyl groups excluding tert-OH is 1. The molecule has 1 amide bonds. The van der Waals surface area contributed by atoms with Gasteiger partial charge in [-0.25, -0.2) is 0 Å². The number of carbonyl (C=O) groups excluding carboxylic acids is 1. The van der Waals surface area contributed by atoms with E-state index in [1.165, 1.54) is 44.1 Å². The van der Waals surface area contributed by atoms with Crippen LogP contribution in [-0.4, -0.2) is 58.6 Å². The Morgan fingerprint density at radius 3 is 2.29 bits per heavy atom. The molecule has 2 saturated carbocycles. The third kappa shape index (κ3) is 2.91. The van der Waals surface area contributed by atoms with E-state index in [0.29, 0.717) is 11.8 Å². The number of aliphatic hydroxyl groups is 1. The maximum absolute atomic E-state index is 13.0. The molecule has 2 heterocycles. The summed E-state index contributed by atoms with van der Waals surface area (Å²) in [5.41, 5.74) is 1.38. The van der Waals surface area contributed by atoms with Gasteiger partial charge in [-0.2, -0.15) is 0 Å². The Labute approximate surface area is 168 Å². The van der Waals surface area contributed by atoms with Crippen molar-refractivity contribution >= 4 is 5.91 Å². The second-order valence-corrected chi connectivity index (χ2v) is 9.72. The molecule has 0 unspecified atom stereocenters. The maximum Gasteiger partial charge on any atom is 0.225 e. The molecule has 4 fully saturated rings. The van der Waals surface area contributed by atoms with Gasteiger partial charge in [0, 0.05) is 37.5 Å². The van der Waals surface area contributed by atoms with Crippen LogP contribution in [0.15, 0.2) is 30.3 Å². The summed E-state index contributed by atoms with van der Waals surface area (Å²) in [6.45, 7) is 3.01. The zero-order valence-corrected chi connectivity index (χ0v) is 16.9. The first-order valence-corrected chi connectivity index (χ1v) is 11.4. The van der Waals surface area contributed by atoms with E-state index in [0.717, 1.165) is 38.4 Å². The molecule has 0 radical (unpaired) electrons. The van der Waals surface area contributed by atoms with Gasteiger partial charge >= 0.3 is 0 Å². The van der Waals surface area contributed by atoms with Crippen molar-refractivity contribution in [1.82, 2.24) is 9.80 Å². The number of rotatable bonds is 5. The standard InChI is InChI=1S/C24H34N2O2/c27-15-21-22(19-10-2-1-3-11-19)24(26(21)14-18-8-4-5-9-18)16-25(17-24)23(28)20-12-6-7-13-20/h1-3,10-11,18,20-22,27H,4-9,12-17H2/t21-,22+/m0/s1. The summed E-state index contributed by atoms with van der Waals surface area (Å²) in [5.74, 6) is 1.77. The Morgan fingerprint density at radius 1 is 1.00 bits per heavy atom. The molecule has 4 nitrogen and oxygen atoms in total. The van der Waals surface area contributed by atoms with Gasteiger partial charge in [-0.05, 0) is 37.2 Å². The van der Waals surface area contributed by atoms with E-state index in [4.69, 9.17) is 0 Å². The molecular formula is C24H34N2O2. The Bertz CT molecular complexity index is 688. The highest BCUT2D eigenvalue weighted by Crippen LogP contribution is 2.55.